The van der Waals surface area contributed by atoms with Crippen LogP contribution in [0.4, 0.5) is 5.82 Å². The highest BCUT2D eigenvalue weighted by Crippen LogP contribution is 2.21. The zero-order valence-corrected chi connectivity index (χ0v) is 13.5. The van der Waals surface area contributed by atoms with Crippen LogP contribution in [-0.4, -0.2) is 15.3 Å². The first-order valence-corrected chi connectivity index (χ1v) is 7.77. The van der Waals surface area contributed by atoms with Crippen molar-refractivity contribution in [2.75, 3.05) is 5.32 Å². The molecule has 0 radical (unpaired) electrons. The van der Waals surface area contributed by atoms with E-state index in [1.807, 2.05) is 36.4 Å². The normalized spacial score (nSPS) is 10.3. The van der Waals surface area contributed by atoms with Crippen molar-refractivity contribution in [2.24, 2.45) is 0 Å². The fourth-order valence-corrected chi connectivity index (χ4v) is 2.62. The summed E-state index contributed by atoms with van der Waals surface area (Å²) < 4.78 is 0. The van der Waals surface area contributed by atoms with Gasteiger partial charge in [0.25, 0.3) is 0 Å². The number of hydrogen-bond acceptors (Lipinski definition) is 4. The molecule has 0 saturated carbocycles. The van der Waals surface area contributed by atoms with Gasteiger partial charge < -0.3 is 10.4 Å². The highest BCUT2D eigenvalue weighted by Gasteiger charge is 2.13. The number of nitrogens with one attached hydrogen (secondary N) is 2. The first kappa shape index (κ1) is 15.9. The van der Waals surface area contributed by atoms with Crippen molar-refractivity contribution < 1.29 is 5.11 Å². The Morgan fingerprint density at radius 3 is 2.67 bits per heavy atom. The summed E-state index contributed by atoms with van der Waals surface area (Å²) in [6.07, 6.45) is 0.553. The fraction of sp³-hybridized carbons (Fsp3) is 0.111. The topological polar surface area (TPSA) is 84.7 Å². The van der Waals surface area contributed by atoms with Crippen LogP contribution in [0, 0.1) is 11.3 Å². The Bertz CT molecular complexity index is 881. The SMILES string of the molecule is N#Cc1c(NCc2ccc(O)cc2)n[nH]c1Cc1cccc(Cl)c1. The van der Waals surface area contributed by atoms with Gasteiger partial charge in [0, 0.05) is 18.0 Å². The number of nitriles is 1. The molecule has 0 aliphatic carbocycles. The molecule has 1 heterocycles. The van der Waals surface area contributed by atoms with E-state index in [2.05, 4.69) is 21.6 Å². The molecule has 3 aromatic rings. The minimum atomic E-state index is 0.222. The van der Waals surface area contributed by atoms with Crippen molar-refractivity contribution in [3.8, 4) is 11.8 Å². The number of rotatable bonds is 5. The number of aromatic hydroxyl groups is 1. The van der Waals surface area contributed by atoms with E-state index >= 15 is 0 Å². The van der Waals surface area contributed by atoms with Gasteiger partial charge in [-0.05, 0) is 35.4 Å². The summed E-state index contributed by atoms with van der Waals surface area (Å²) in [5, 5.41) is 29.7. The number of benzene rings is 2. The van der Waals surface area contributed by atoms with Crippen LogP contribution in [0.3, 0.4) is 0 Å². The zero-order chi connectivity index (χ0) is 16.9. The van der Waals surface area contributed by atoms with Gasteiger partial charge in [-0.3, -0.25) is 5.10 Å². The van der Waals surface area contributed by atoms with Crippen LogP contribution >= 0.6 is 11.6 Å². The Morgan fingerprint density at radius 2 is 1.96 bits per heavy atom. The molecule has 3 rings (SSSR count). The summed E-state index contributed by atoms with van der Waals surface area (Å²) in [6.45, 7) is 0.510. The number of aromatic amines is 1. The van der Waals surface area contributed by atoms with Crippen molar-refractivity contribution >= 4 is 17.4 Å². The van der Waals surface area contributed by atoms with Gasteiger partial charge >= 0.3 is 0 Å². The second kappa shape index (κ2) is 7.07. The van der Waals surface area contributed by atoms with Gasteiger partial charge in [0.05, 0.1) is 5.69 Å². The molecule has 0 aliphatic rings. The Hall–Kier alpha value is -2.97. The molecule has 0 spiro atoms. The van der Waals surface area contributed by atoms with Crippen molar-refractivity contribution in [3.05, 3.63) is 75.9 Å². The van der Waals surface area contributed by atoms with Gasteiger partial charge in [-0.2, -0.15) is 10.4 Å². The molecular formula is C18H15ClN4O. The van der Waals surface area contributed by atoms with E-state index < -0.39 is 0 Å². The highest BCUT2D eigenvalue weighted by atomic mass is 35.5. The van der Waals surface area contributed by atoms with Crippen LogP contribution in [0.15, 0.2) is 48.5 Å². The molecule has 0 bridgehead atoms. The van der Waals surface area contributed by atoms with Gasteiger partial charge in [0.2, 0.25) is 0 Å². The Balaban J connectivity index is 1.74. The summed E-state index contributed by atoms with van der Waals surface area (Å²) in [7, 11) is 0. The van der Waals surface area contributed by atoms with E-state index in [1.54, 1.807) is 12.1 Å². The van der Waals surface area contributed by atoms with Gasteiger partial charge in [0.15, 0.2) is 5.82 Å². The molecule has 3 N–H and O–H groups in total. The smallest absolute Gasteiger partial charge is 0.166 e. The number of halogens is 1. The second-order valence-corrected chi connectivity index (χ2v) is 5.80. The van der Waals surface area contributed by atoms with Crippen molar-refractivity contribution in [1.82, 2.24) is 10.2 Å². The summed E-state index contributed by atoms with van der Waals surface area (Å²) in [5.74, 6) is 0.739. The zero-order valence-electron chi connectivity index (χ0n) is 12.8. The lowest BCUT2D eigenvalue weighted by atomic mass is 10.1. The first-order valence-electron chi connectivity index (χ1n) is 7.39. The largest absolute Gasteiger partial charge is 0.508 e. The highest BCUT2D eigenvalue weighted by molar-refractivity contribution is 6.30. The summed E-state index contributed by atoms with van der Waals surface area (Å²) in [6, 6.07) is 16.6. The average Bonchev–Trinajstić information content (AvgIpc) is 2.96. The molecule has 0 atom stereocenters. The standard InChI is InChI=1S/C18H15ClN4O/c19-14-3-1-2-13(8-14)9-17-16(10-20)18(23-22-17)21-11-12-4-6-15(24)7-5-12/h1-8,24H,9,11H2,(H2,21,22,23). The maximum Gasteiger partial charge on any atom is 0.166 e. The van der Waals surface area contributed by atoms with Crippen molar-refractivity contribution in [2.45, 2.75) is 13.0 Å². The molecule has 24 heavy (non-hydrogen) atoms. The fourth-order valence-electron chi connectivity index (χ4n) is 2.41. The average molecular weight is 339 g/mol. The molecule has 1 aromatic heterocycles. The predicted octanol–water partition coefficient (Wildman–Crippen LogP) is 3.84. The van der Waals surface area contributed by atoms with Crippen LogP contribution in [-0.2, 0) is 13.0 Å². The quantitative estimate of drug-likeness (QED) is 0.659. The lowest BCUT2D eigenvalue weighted by Gasteiger charge is -2.04. The summed E-state index contributed by atoms with van der Waals surface area (Å²) >= 11 is 6.00. The van der Waals surface area contributed by atoms with Crippen LogP contribution in [0.5, 0.6) is 5.75 Å². The molecule has 0 amide bonds. The molecular weight excluding hydrogens is 324 g/mol. The van der Waals surface area contributed by atoms with Crippen LogP contribution in [0.1, 0.15) is 22.4 Å². The van der Waals surface area contributed by atoms with E-state index in [0.29, 0.717) is 29.4 Å². The van der Waals surface area contributed by atoms with Crippen LogP contribution in [0.2, 0.25) is 5.02 Å². The predicted molar refractivity (Wildman–Crippen MR) is 93.0 cm³/mol. The van der Waals surface area contributed by atoms with Crippen molar-refractivity contribution in [1.29, 1.82) is 5.26 Å². The molecule has 0 unspecified atom stereocenters. The molecule has 0 saturated heterocycles. The number of phenolic OH excluding ortho intramolecular Hbond substituents is 1. The number of nitrogens with zero attached hydrogens (tertiary/aromatic N) is 2. The minimum absolute atomic E-state index is 0.222. The van der Waals surface area contributed by atoms with Gasteiger partial charge in [-0.1, -0.05) is 35.9 Å². The van der Waals surface area contributed by atoms with E-state index in [9.17, 15) is 10.4 Å². The number of aromatic nitrogens is 2. The summed E-state index contributed by atoms with van der Waals surface area (Å²) in [5.41, 5.74) is 3.23. The maximum absolute atomic E-state index is 9.45. The lowest BCUT2D eigenvalue weighted by Crippen LogP contribution is -2.01. The first-order chi connectivity index (χ1) is 11.7. The molecule has 120 valence electrons. The molecule has 0 aliphatic heterocycles. The van der Waals surface area contributed by atoms with E-state index in [0.717, 1.165) is 16.8 Å². The van der Waals surface area contributed by atoms with Crippen LogP contribution < -0.4 is 5.32 Å². The maximum atomic E-state index is 9.45. The molecule has 6 heteroatoms. The van der Waals surface area contributed by atoms with Crippen molar-refractivity contribution in [3.63, 3.8) is 0 Å². The number of H-pyrrole nitrogens is 1. The number of anilines is 1. The van der Waals surface area contributed by atoms with Crippen LogP contribution in [0.25, 0.3) is 0 Å². The van der Waals surface area contributed by atoms with Gasteiger partial charge in [0.1, 0.15) is 17.4 Å². The lowest BCUT2D eigenvalue weighted by molar-refractivity contribution is 0.475. The number of phenols is 1. The minimum Gasteiger partial charge on any atom is -0.508 e. The van der Waals surface area contributed by atoms with Gasteiger partial charge in [-0.15, -0.1) is 0 Å². The Labute approximate surface area is 144 Å². The van der Waals surface area contributed by atoms with E-state index in [1.165, 1.54) is 0 Å². The molecule has 2 aromatic carbocycles. The Morgan fingerprint density at radius 1 is 1.17 bits per heavy atom. The monoisotopic (exact) mass is 338 g/mol. The number of hydrogen-bond donors (Lipinski definition) is 3. The third-order valence-corrected chi connectivity index (χ3v) is 3.85. The molecule has 0 fully saturated rings. The van der Waals surface area contributed by atoms with E-state index in [4.69, 9.17) is 11.6 Å². The van der Waals surface area contributed by atoms with E-state index in [-0.39, 0.29) is 5.75 Å². The third-order valence-electron chi connectivity index (χ3n) is 3.62. The summed E-state index contributed by atoms with van der Waals surface area (Å²) in [4.78, 5) is 0. The Kier molecular flexibility index (Phi) is 4.69. The molecule has 5 nitrogen and oxygen atoms in total. The second-order valence-electron chi connectivity index (χ2n) is 5.36. The van der Waals surface area contributed by atoms with Gasteiger partial charge in [-0.25, -0.2) is 0 Å². The third kappa shape index (κ3) is 3.67.